The van der Waals surface area contributed by atoms with Gasteiger partial charge in [-0.15, -0.1) is 0 Å². The molecule has 1 aromatic heterocycles. The van der Waals surface area contributed by atoms with E-state index < -0.39 is 22.0 Å². The zero-order valence-corrected chi connectivity index (χ0v) is 17.0. The van der Waals surface area contributed by atoms with Crippen LogP contribution >= 0.6 is 0 Å². The molecule has 3 rings (SSSR count). The van der Waals surface area contributed by atoms with Gasteiger partial charge >= 0.3 is 0 Å². The normalized spacial score (nSPS) is 24.8. The molecule has 156 valence electrons. The van der Waals surface area contributed by atoms with Gasteiger partial charge in [-0.1, -0.05) is 0 Å². The third-order valence-corrected chi connectivity index (χ3v) is 6.93. The SMILES string of the molecule is CCn1nccc1C(=O)N[C@H]1C[C@H]2C(=O)N(CCCOC)S(=O)(=O)CCN2C1. The van der Waals surface area contributed by atoms with E-state index >= 15 is 0 Å². The highest BCUT2D eigenvalue weighted by molar-refractivity contribution is 7.89. The summed E-state index contributed by atoms with van der Waals surface area (Å²) in [6, 6.07) is 0.894. The van der Waals surface area contributed by atoms with E-state index in [0.717, 1.165) is 4.31 Å². The van der Waals surface area contributed by atoms with Crippen LogP contribution in [0.4, 0.5) is 0 Å². The average Bonchev–Trinajstić information content (AvgIpc) is 3.27. The molecule has 0 bridgehead atoms. The molecule has 0 aromatic carbocycles. The molecule has 2 saturated heterocycles. The quantitative estimate of drug-likeness (QED) is 0.587. The number of carbonyl (C=O) groups excluding carboxylic acids is 2. The van der Waals surface area contributed by atoms with E-state index in [-0.39, 0.29) is 30.8 Å². The van der Waals surface area contributed by atoms with Crippen molar-refractivity contribution in [3.63, 3.8) is 0 Å². The molecule has 0 unspecified atom stereocenters. The molecule has 0 spiro atoms. The summed E-state index contributed by atoms with van der Waals surface area (Å²) in [5, 5.41) is 7.06. The minimum absolute atomic E-state index is 0.106. The van der Waals surface area contributed by atoms with Crippen LogP contribution in [0.25, 0.3) is 0 Å². The van der Waals surface area contributed by atoms with Gasteiger partial charge in [0, 0.05) is 52.1 Å². The number of methoxy groups -OCH3 is 1. The third-order valence-electron chi connectivity index (χ3n) is 5.20. The van der Waals surface area contributed by atoms with E-state index in [1.54, 1.807) is 16.9 Å². The van der Waals surface area contributed by atoms with Gasteiger partial charge in [-0.2, -0.15) is 5.10 Å². The Morgan fingerprint density at radius 3 is 2.93 bits per heavy atom. The van der Waals surface area contributed by atoms with E-state index in [1.165, 1.54) is 7.11 Å². The number of ether oxygens (including phenoxy) is 1. The van der Waals surface area contributed by atoms with Crippen molar-refractivity contribution >= 4 is 21.8 Å². The number of sulfonamides is 1. The fourth-order valence-corrected chi connectivity index (χ4v) is 5.29. The molecule has 0 radical (unpaired) electrons. The molecule has 11 heteroatoms. The van der Waals surface area contributed by atoms with Gasteiger partial charge in [-0.25, -0.2) is 12.7 Å². The summed E-state index contributed by atoms with van der Waals surface area (Å²) >= 11 is 0. The monoisotopic (exact) mass is 413 g/mol. The Hall–Kier alpha value is -1.98. The fraction of sp³-hybridized carbons (Fsp3) is 0.706. The van der Waals surface area contributed by atoms with Crippen molar-refractivity contribution in [2.24, 2.45) is 0 Å². The summed E-state index contributed by atoms with van der Waals surface area (Å²) in [6.07, 6.45) is 2.42. The molecular formula is C17H27N5O5S. The first kappa shape index (κ1) is 20.7. The lowest BCUT2D eigenvalue weighted by molar-refractivity contribution is -0.130. The van der Waals surface area contributed by atoms with Crippen LogP contribution in [0, 0.1) is 0 Å². The second kappa shape index (κ2) is 8.58. The number of aromatic nitrogens is 2. The van der Waals surface area contributed by atoms with Gasteiger partial charge in [0.15, 0.2) is 0 Å². The highest BCUT2D eigenvalue weighted by Crippen LogP contribution is 2.25. The van der Waals surface area contributed by atoms with Crippen molar-refractivity contribution in [2.45, 2.75) is 38.4 Å². The van der Waals surface area contributed by atoms with Crippen LogP contribution in [-0.2, 0) is 26.1 Å². The summed E-state index contributed by atoms with van der Waals surface area (Å²) in [6.45, 7) is 3.72. The van der Waals surface area contributed by atoms with E-state index in [2.05, 4.69) is 10.4 Å². The molecule has 28 heavy (non-hydrogen) atoms. The summed E-state index contributed by atoms with van der Waals surface area (Å²) in [5.41, 5.74) is 0.472. The lowest BCUT2D eigenvalue weighted by Crippen LogP contribution is -2.44. The van der Waals surface area contributed by atoms with Crippen molar-refractivity contribution in [2.75, 3.05) is 39.1 Å². The lowest BCUT2D eigenvalue weighted by Gasteiger charge is -2.23. The molecule has 2 amide bonds. The predicted octanol–water partition coefficient (Wildman–Crippen LogP) is -0.716. The maximum atomic E-state index is 12.9. The molecule has 1 N–H and O–H groups in total. The minimum Gasteiger partial charge on any atom is -0.385 e. The maximum Gasteiger partial charge on any atom is 0.269 e. The number of nitrogens with one attached hydrogen (secondary N) is 1. The van der Waals surface area contributed by atoms with Crippen LogP contribution in [-0.4, -0.2) is 90.4 Å². The molecule has 3 heterocycles. The first-order chi connectivity index (χ1) is 13.4. The van der Waals surface area contributed by atoms with Crippen LogP contribution < -0.4 is 5.32 Å². The Labute approximate surface area is 164 Å². The Morgan fingerprint density at radius 2 is 2.21 bits per heavy atom. The zero-order valence-electron chi connectivity index (χ0n) is 16.2. The maximum absolute atomic E-state index is 12.9. The molecule has 2 atom stereocenters. The Morgan fingerprint density at radius 1 is 1.43 bits per heavy atom. The Balaban J connectivity index is 1.68. The number of hydrogen-bond donors (Lipinski definition) is 1. The van der Waals surface area contributed by atoms with Crippen LogP contribution in [0.5, 0.6) is 0 Å². The first-order valence-electron chi connectivity index (χ1n) is 9.47. The van der Waals surface area contributed by atoms with Crippen molar-refractivity contribution < 1.29 is 22.7 Å². The number of aryl methyl sites for hydroxylation is 1. The number of amides is 2. The third kappa shape index (κ3) is 4.20. The van der Waals surface area contributed by atoms with Crippen LogP contribution in [0.1, 0.15) is 30.3 Å². The molecule has 0 saturated carbocycles. The molecule has 2 fully saturated rings. The summed E-state index contributed by atoms with van der Waals surface area (Å²) in [7, 11) is -2.09. The van der Waals surface area contributed by atoms with E-state index in [0.29, 0.717) is 38.2 Å². The van der Waals surface area contributed by atoms with Crippen molar-refractivity contribution in [3.05, 3.63) is 18.0 Å². The minimum atomic E-state index is -3.63. The number of hydrogen-bond acceptors (Lipinski definition) is 7. The second-order valence-electron chi connectivity index (χ2n) is 7.02. The molecule has 10 nitrogen and oxygen atoms in total. The van der Waals surface area contributed by atoms with Crippen LogP contribution in [0.2, 0.25) is 0 Å². The summed E-state index contributed by atoms with van der Waals surface area (Å²) in [5.74, 6) is -0.756. The molecular weight excluding hydrogens is 386 g/mol. The predicted molar refractivity (Wildman–Crippen MR) is 101 cm³/mol. The van der Waals surface area contributed by atoms with Gasteiger partial charge < -0.3 is 10.1 Å². The average molecular weight is 414 g/mol. The van der Waals surface area contributed by atoms with Crippen LogP contribution in [0.3, 0.4) is 0 Å². The molecule has 2 aliphatic rings. The van der Waals surface area contributed by atoms with Crippen molar-refractivity contribution in [1.29, 1.82) is 0 Å². The van der Waals surface area contributed by atoms with Crippen LogP contribution in [0.15, 0.2) is 12.3 Å². The molecule has 1 aromatic rings. The highest BCUT2D eigenvalue weighted by Gasteiger charge is 2.45. The Kier molecular flexibility index (Phi) is 6.36. The number of carbonyl (C=O) groups is 2. The van der Waals surface area contributed by atoms with Gasteiger partial charge in [-0.3, -0.25) is 19.2 Å². The fourth-order valence-electron chi connectivity index (χ4n) is 3.80. The molecule has 2 aliphatic heterocycles. The standard InChI is InChI=1S/C17H27N5O5S/c1-3-21-14(5-6-18-21)16(23)19-13-11-15-17(24)22(7-4-9-27-2)28(25,26)10-8-20(15)12-13/h5-6,13,15H,3-4,7-12H2,1-2H3,(H,19,23)/t13-,15-/m0/s1. The first-order valence-corrected chi connectivity index (χ1v) is 11.1. The van der Waals surface area contributed by atoms with E-state index in [9.17, 15) is 18.0 Å². The van der Waals surface area contributed by atoms with Gasteiger partial charge in [0.1, 0.15) is 5.69 Å². The topological polar surface area (TPSA) is 114 Å². The van der Waals surface area contributed by atoms with Gasteiger partial charge in [0.2, 0.25) is 10.0 Å². The summed E-state index contributed by atoms with van der Waals surface area (Å²) < 4.78 is 32.5. The summed E-state index contributed by atoms with van der Waals surface area (Å²) in [4.78, 5) is 27.3. The van der Waals surface area contributed by atoms with Crippen molar-refractivity contribution in [1.82, 2.24) is 24.3 Å². The smallest absolute Gasteiger partial charge is 0.269 e. The van der Waals surface area contributed by atoms with Crippen molar-refractivity contribution in [3.8, 4) is 0 Å². The Bertz CT molecular complexity index is 824. The molecule has 0 aliphatic carbocycles. The van der Waals surface area contributed by atoms with Gasteiger partial charge in [0.05, 0.1) is 11.8 Å². The van der Waals surface area contributed by atoms with Gasteiger partial charge in [-0.05, 0) is 25.8 Å². The number of nitrogens with zero attached hydrogens (tertiary/aromatic N) is 4. The zero-order chi connectivity index (χ0) is 20.3. The highest BCUT2D eigenvalue weighted by atomic mass is 32.2. The van der Waals surface area contributed by atoms with E-state index in [4.69, 9.17) is 4.74 Å². The van der Waals surface area contributed by atoms with Gasteiger partial charge in [0.25, 0.3) is 11.8 Å². The number of fused-ring (bicyclic) bond motifs is 1. The largest absolute Gasteiger partial charge is 0.385 e. The second-order valence-corrected chi connectivity index (χ2v) is 9.03. The van der Waals surface area contributed by atoms with E-state index in [1.807, 2.05) is 11.8 Å². The lowest BCUT2D eigenvalue weighted by atomic mass is 10.1. The number of rotatable bonds is 7.